The van der Waals surface area contributed by atoms with Gasteiger partial charge in [0.1, 0.15) is 23.6 Å². The van der Waals surface area contributed by atoms with Gasteiger partial charge in [0.15, 0.2) is 35.2 Å². The zero-order valence-electron chi connectivity index (χ0n) is 21.6. The molecule has 194 valence electrons. The summed E-state index contributed by atoms with van der Waals surface area (Å²) in [5.74, 6) is -0.0889. The summed E-state index contributed by atoms with van der Waals surface area (Å²) in [6, 6.07) is 8.65. The van der Waals surface area contributed by atoms with Crippen LogP contribution >= 0.6 is 0 Å². The number of carbonyl (C=O) groups excluding carboxylic acids is 1. The number of ether oxygens (including phenoxy) is 1. The van der Waals surface area contributed by atoms with Crippen molar-refractivity contribution in [1.82, 2.24) is 19.5 Å². The predicted octanol–water partition coefficient (Wildman–Crippen LogP) is 3.45. The molecule has 3 heterocycles. The van der Waals surface area contributed by atoms with Crippen molar-refractivity contribution in [3.05, 3.63) is 48.0 Å². The number of sulfone groups is 1. The Morgan fingerprint density at radius 2 is 1.86 bits per heavy atom. The number of fused-ring (bicyclic) bond motifs is 1. The number of hydrogen-bond acceptors (Lipinski definition) is 9. The lowest BCUT2D eigenvalue weighted by Crippen LogP contribution is -2.47. The molecule has 0 bridgehead atoms. The third-order valence-corrected chi connectivity index (χ3v) is 12.9. The average Bonchev–Trinajstić information content (AvgIpc) is 3.37. The molecule has 0 aromatic heterocycles. The van der Waals surface area contributed by atoms with Crippen molar-refractivity contribution in [3.63, 3.8) is 0 Å². The molecule has 3 aliphatic rings. The number of anilines is 1. The average molecular weight is 532 g/mol. The van der Waals surface area contributed by atoms with Gasteiger partial charge in [-0.15, -0.1) is 0 Å². The normalized spacial score (nSPS) is 23.3. The molecule has 1 saturated heterocycles. The van der Waals surface area contributed by atoms with Gasteiger partial charge in [-0.2, -0.15) is 0 Å². The summed E-state index contributed by atoms with van der Waals surface area (Å²) < 4.78 is 40.0. The molecule has 0 unspecified atom stereocenters. The number of hydrogen-bond donors (Lipinski definition) is 1. The van der Waals surface area contributed by atoms with Crippen LogP contribution in [-0.4, -0.2) is 59.8 Å². The van der Waals surface area contributed by atoms with Crippen molar-refractivity contribution >= 4 is 29.8 Å². The van der Waals surface area contributed by atoms with Gasteiger partial charge in [-0.3, -0.25) is 9.36 Å². The smallest absolute Gasteiger partial charge is 0.228 e. The van der Waals surface area contributed by atoms with Gasteiger partial charge in [0.2, 0.25) is 5.78 Å². The fraction of sp³-hybridized carbons (Fsp3) is 0.500. The molecule has 3 aliphatic heterocycles. The SMILES string of the molecule is CC(C)(C)[Si](C)(C)O[C@H]1C[C@](C)(n2c(C(=O)c3ccccc3)nc3ncnc-3c2N)O[C@@H]1S(C)(=O)=O. The van der Waals surface area contributed by atoms with Crippen LogP contribution in [0.25, 0.3) is 11.5 Å². The van der Waals surface area contributed by atoms with Crippen LogP contribution in [0.4, 0.5) is 5.82 Å². The van der Waals surface area contributed by atoms with Crippen molar-refractivity contribution in [3.8, 4) is 11.5 Å². The summed E-state index contributed by atoms with van der Waals surface area (Å²) in [6.45, 7) is 12.1. The van der Waals surface area contributed by atoms with E-state index >= 15 is 0 Å². The van der Waals surface area contributed by atoms with E-state index in [0.29, 0.717) is 11.3 Å². The molecule has 10 nitrogen and oxygen atoms in total. The van der Waals surface area contributed by atoms with Crippen LogP contribution in [0.15, 0.2) is 36.7 Å². The second-order valence-corrected chi connectivity index (χ2v) is 17.9. The van der Waals surface area contributed by atoms with E-state index in [1.54, 1.807) is 37.3 Å². The topological polar surface area (TPSA) is 139 Å². The minimum Gasteiger partial charge on any atom is -0.410 e. The fourth-order valence-corrected chi connectivity index (χ4v) is 6.75. The van der Waals surface area contributed by atoms with Crippen molar-refractivity contribution in [1.29, 1.82) is 0 Å². The lowest BCUT2D eigenvalue weighted by Gasteiger charge is -2.39. The van der Waals surface area contributed by atoms with Gasteiger partial charge < -0.3 is 14.9 Å². The minimum atomic E-state index is -3.69. The first-order valence-electron chi connectivity index (χ1n) is 11.7. The summed E-state index contributed by atoms with van der Waals surface area (Å²) in [5.41, 5.74) is 4.64. The largest absolute Gasteiger partial charge is 0.410 e. The molecule has 4 rings (SSSR count). The number of nitrogen functional groups attached to an aromatic ring is 1. The van der Waals surface area contributed by atoms with Crippen molar-refractivity contribution in [2.75, 3.05) is 12.0 Å². The Morgan fingerprint density at radius 1 is 1.22 bits per heavy atom. The van der Waals surface area contributed by atoms with E-state index < -0.39 is 41.2 Å². The van der Waals surface area contributed by atoms with Gasteiger partial charge in [0, 0.05) is 18.2 Å². The van der Waals surface area contributed by atoms with E-state index in [-0.39, 0.29) is 28.9 Å². The van der Waals surface area contributed by atoms with Gasteiger partial charge in [0.25, 0.3) is 0 Å². The van der Waals surface area contributed by atoms with Gasteiger partial charge in [0.05, 0.1) is 6.10 Å². The lowest BCUT2D eigenvalue weighted by molar-refractivity contribution is -0.0622. The van der Waals surface area contributed by atoms with Crippen molar-refractivity contribution in [2.45, 2.75) is 69.5 Å². The Morgan fingerprint density at radius 3 is 2.44 bits per heavy atom. The highest BCUT2D eigenvalue weighted by Crippen LogP contribution is 2.46. The van der Waals surface area contributed by atoms with Gasteiger partial charge in [-0.05, 0) is 25.1 Å². The zero-order valence-corrected chi connectivity index (χ0v) is 23.5. The van der Waals surface area contributed by atoms with Crippen LogP contribution in [0.1, 0.15) is 50.3 Å². The van der Waals surface area contributed by atoms with E-state index in [1.165, 1.54) is 10.9 Å². The molecule has 12 heteroatoms. The number of aromatic nitrogens is 4. The molecule has 2 N–H and O–H groups in total. The fourth-order valence-electron chi connectivity index (χ4n) is 4.25. The summed E-state index contributed by atoms with van der Waals surface area (Å²) in [7, 11) is -6.07. The van der Waals surface area contributed by atoms with Crippen molar-refractivity contribution in [2.24, 2.45) is 0 Å². The first-order valence-corrected chi connectivity index (χ1v) is 16.6. The molecule has 36 heavy (non-hydrogen) atoms. The Labute approximate surface area is 212 Å². The van der Waals surface area contributed by atoms with E-state index in [9.17, 15) is 13.2 Å². The van der Waals surface area contributed by atoms with Crippen LogP contribution in [0.3, 0.4) is 0 Å². The van der Waals surface area contributed by atoms with Gasteiger partial charge >= 0.3 is 0 Å². The maximum atomic E-state index is 13.6. The standard InChI is InChI=1S/C24H33N5O5SSi/c1-23(2,3)36(6,7)34-16-13-24(4,33-22(16)35(5,31)32)29-19(25)17-20(27-14-26-17)28-21(29)18(30)15-11-9-8-10-12-15/h8-12,14,16,22H,13,25H2,1-7H3/t16-,22+,24+/m0/s1. The third kappa shape index (κ3) is 4.58. The highest BCUT2D eigenvalue weighted by molar-refractivity contribution is 7.91. The number of carbonyl (C=O) groups is 1. The first kappa shape index (κ1) is 26.4. The number of ketones is 1. The highest BCUT2D eigenvalue weighted by atomic mass is 32.2. The maximum Gasteiger partial charge on any atom is 0.228 e. The molecular weight excluding hydrogens is 498 g/mol. The number of imidazole rings is 1. The molecule has 1 aromatic carbocycles. The maximum absolute atomic E-state index is 13.6. The molecule has 0 saturated carbocycles. The second-order valence-electron chi connectivity index (χ2n) is 11.0. The molecule has 0 amide bonds. The Bertz CT molecular complexity index is 1370. The van der Waals surface area contributed by atoms with Crippen LogP contribution in [-0.2, 0) is 24.7 Å². The molecular formula is C24H33N5O5SSi. The number of rotatable bonds is 6. The summed E-state index contributed by atoms with van der Waals surface area (Å²) in [5, 5.41) is -0.153. The van der Waals surface area contributed by atoms with Crippen LogP contribution in [0, 0.1) is 0 Å². The summed E-state index contributed by atoms with van der Waals surface area (Å²) in [4.78, 5) is 26.4. The van der Waals surface area contributed by atoms with Crippen LogP contribution < -0.4 is 5.73 Å². The summed E-state index contributed by atoms with van der Waals surface area (Å²) in [6.07, 6.45) is 1.82. The van der Waals surface area contributed by atoms with E-state index in [0.717, 1.165) is 6.26 Å². The minimum absolute atomic E-state index is 0.0190. The Kier molecular flexibility index (Phi) is 6.39. The quantitative estimate of drug-likeness (QED) is 0.374. The third-order valence-electron chi connectivity index (χ3n) is 7.13. The number of nitrogens with zero attached hydrogens (tertiary/aromatic N) is 4. The van der Waals surface area contributed by atoms with E-state index in [2.05, 4.69) is 48.8 Å². The predicted molar refractivity (Wildman–Crippen MR) is 139 cm³/mol. The molecule has 0 radical (unpaired) electrons. The number of nitrogens with two attached hydrogens (primary N) is 1. The van der Waals surface area contributed by atoms with Gasteiger partial charge in [-0.25, -0.2) is 23.4 Å². The van der Waals surface area contributed by atoms with E-state index in [4.69, 9.17) is 14.9 Å². The Hall–Kier alpha value is -2.67. The van der Waals surface area contributed by atoms with Crippen LogP contribution in [0.5, 0.6) is 0 Å². The molecule has 1 fully saturated rings. The first-order chi connectivity index (χ1) is 16.6. The second kappa shape index (κ2) is 8.72. The Balaban J connectivity index is 1.88. The molecule has 0 aliphatic carbocycles. The monoisotopic (exact) mass is 531 g/mol. The molecule has 3 atom stereocenters. The van der Waals surface area contributed by atoms with E-state index in [1.807, 2.05) is 0 Å². The number of benzene rings is 1. The summed E-state index contributed by atoms with van der Waals surface area (Å²) >= 11 is 0. The lowest BCUT2D eigenvalue weighted by atomic mass is 10.1. The highest BCUT2D eigenvalue weighted by Gasteiger charge is 2.54. The zero-order chi connectivity index (χ0) is 26.7. The molecule has 1 aromatic rings. The van der Waals surface area contributed by atoms with Crippen LogP contribution in [0.2, 0.25) is 18.1 Å². The molecule has 0 spiro atoms. The van der Waals surface area contributed by atoms with Crippen molar-refractivity contribution < 1.29 is 22.4 Å². The van der Waals surface area contributed by atoms with Gasteiger partial charge in [-0.1, -0.05) is 51.1 Å².